The number of primary amides is 1. The summed E-state index contributed by atoms with van der Waals surface area (Å²) >= 11 is 0. The molecule has 6 nitrogen and oxygen atoms in total. The van der Waals surface area contributed by atoms with Crippen LogP contribution in [0.15, 0.2) is 48.7 Å². The van der Waals surface area contributed by atoms with Crippen LogP contribution in [0.2, 0.25) is 0 Å². The van der Waals surface area contributed by atoms with Crippen LogP contribution in [0.3, 0.4) is 0 Å². The zero-order valence-corrected chi connectivity index (χ0v) is 17.1. The molecule has 0 saturated carbocycles. The molecule has 0 bridgehead atoms. The number of hydrogen-bond donors (Lipinski definition) is 1. The van der Waals surface area contributed by atoms with Crippen LogP contribution in [0.25, 0.3) is 5.82 Å². The lowest BCUT2D eigenvalue weighted by molar-refractivity contribution is -0.0411. The van der Waals surface area contributed by atoms with Crippen LogP contribution in [0, 0.1) is 12.3 Å². The molecule has 29 heavy (non-hydrogen) atoms. The lowest BCUT2D eigenvalue weighted by Crippen LogP contribution is -2.40. The first-order chi connectivity index (χ1) is 13.8. The van der Waals surface area contributed by atoms with Gasteiger partial charge in [0, 0.05) is 18.2 Å². The number of ether oxygens (including phenoxy) is 1. The van der Waals surface area contributed by atoms with Crippen molar-refractivity contribution in [3.63, 3.8) is 0 Å². The minimum absolute atomic E-state index is 0.0450. The van der Waals surface area contributed by atoms with E-state index in [2.05, 4.69) is 36.1 Å². The zero-order chi connectivity index (χ0) is 20.6. The smallest absolute Gasteiger partial charge is 0.269 e. The quantitative estimate of drug-likeness (QED) is 0.724. The topological polar surface area (TPSA) is 83.0 Å². The molecule has 6 heteroatoms. The number of rotatable bonds is 5. The summed E-state index contributed by atoms with van der Waals surface area (Å²) in [4.78, 5) is 16.6. The van der Waals surface area contributed by atoms with Gasteiger partial charge in [0.25, 0.3) is 5.91 Å². The average molecular weight is 390 g/mol. The van der Waals surface area contributed by atoms with E-state index in [4.69, 9.17) is 10.5 Å². The van der Waals surface area contributed by atoms with Gasteiger partial charge in [0.2, 0.25) is 0 Å². The second kappa shape index (κ2) is 7.44. The molecular formula is C23H26N4O2. The van der Waals surface area contributed by atoms with Crippen molar-refractivity contribution in [2.24, 2.45) is 11.1 Å². The maximum atomic E-state index is 12.1. The zero-order valence-electron chi connectivity index (χ0n) is 17.1. The number of benzene rings is 1. The van der Waals surface area contributed by atoms with Gasteiger partial charge >= 0.3 is 0 Å². The third-order valence-electron chi connectivity index (χ3n) is 5.62. The van der Waals surface area contributed by atoms with Gasteiger partial charge in [0.05, 0.1) is 18.4 Å². The van der Waals surface area contributed by atoms with Crippen LogP contribution >= 0.6 is 0 Å². The fourth-order valence-electron chi connectivity index (χ4n) is 3.97. The monoisotopic (exact) mass is 390 g/mol. The van der Waals surface area contributed by atoms with Gasteiger partial charge in [0.15, 0.2) is 11.5 Å². The first-order valence-corrected chi connectivity index (χ1v) is 9.84. The Morgan fingerprint density at radius 2 is 2.03 bits per heavy atom. The minimum Gasteiger partial charge on any atom is -0.373 e. The highest BCUT2D eigenvalue weighted by molar-refractivity contribution is 5.92. The lowest BCUT2D eigenvalue weighted by atomic mass is 9.73. The molecule has 3 aromatic rings. The Kier molecular flexibility index (Phi) is 4.96. The number of pyridine rings is 1. The summed E-state index contributed by atoms with van der Waals surface area (Å²) in [6.07, 6.45) is 3.02. The highest BCUT2D eigenvalue weighted by Crippen LogP contribution is 2.39. The minimum atomic E-state index is -0.519. The Labute approximate surface area is 170 Å². The van der Waals surface area contributed by atoms with E-state index in [1.165, 1.54) is 0 Å². The maximum Gasteiger partial charge on any atom is 0.269 e. The van der Waals surface area contributed by atoms with Crippen LogP contribution in [-0.4, -0.2) is 26.8 Å². The van der Waals surface area contributed by atoms with Crippen LogP contribution < -0.4 is 5.73 Å². The Balaban J connectivity index is 1.69. The van der Waals surface area contributed by atoms with Crippen molar-refractivity contribution < 1.29 is 9.53 Å². The van der Waals surface area contributed by atoms with Crippen molar-refractivity contribution in [1.82, 2.24) is 14.8 Å². The van der Waals surface area contributed by atoms with Crippen LogP contribution in [0.5, 0.6) is 0 Å². The molecule has 1 unspecified atom stereocenters. The number of amides is 1. The Morgan fingerprint density at radius 1 is 1.28 bits per heavy atom. The number of aromatic nitrogens is 3. The number of nitrogens with zero attached hydrogens (tertiary/aromatic N) is 3. The molecule has 0 aliphatic heterocycles. The van der Waals surface area contributed by atoms with Gasteiger partial charge in [-0.25, -0.2) is 9.67 Å². The molecule has 2 aromatic heterocycles. The third kappa shape index (κ3) is 3.80. The van der Waals surface area contributed by atoms with Crippen LogP contribution in [0.1, 0.15) is 46.7 Å². The van der Waals surface area contributed by atoms with E-state index in [1.807, 2.05) is 37.3 Å². The number of fused-ring (bicyclic) bond motifs is 1. The summed E-state index contributed by atoms with van der Waals surface area (Å²) < 4.78 is 8.08. The van der Waals surface area contributed by atoms with Crippen molar-refractivity contribution in [3.05, 3.63) is 76.7 Å². The Bertz CT molecular complexity index is 1040. The molecule has 0 spiro atoms. The van der Waals surface area contributed by atoms with Crippen LogP contribution in [-0.2, 0) is 24.2 Å². The average Bonchev–Trinajstić information content (AvgIpc) is 3.04. The molecule has 2 N–H and O–H groups in total. The number of aryl methyl sites for hydroxylation is 1. The van der Waals surface area contributed by atoms with E-state index in [0.717, 1.165) is 28.8 Å². The maximum absolute atomic E-state index is 12.1. The first-order valence-electron chi connectivity index (χ1n) is 9.84. The molecule has 150 valence electrons. The molecule has 1 aliphatic carbocycles. The highest BCUT2D eigenvalue weighted by Gasteiger charge is 2.40. The van der Waals surface area contributed by atoms with Gasteiger partial charge in [-0.05, 0) is 42.0 Å². The van der Waals surface area contributed by atoms with Crippen LogP contribution in [0.4, 0.5) is 0 Å². The fraction of sp³-hybridized carbons (Fsp3) is 0.348. The molecule has 2 heterocycles. The van der Waals surface area contributed by atoms with E-state index in [1.54, 1.807) is 10.9 Å². The molecule has 1 aromatic carbocycles. The molecule has 1 aliphatic rings. The predicted octanol–water partition coefficient (Wildman–Crippen LogP) is 3.38. The Morgan fingerprint density at radius 3 is 2.72 bits per heavy atom. The fourth-order valence-corrected chi connectivity index (χ4v) is 3.97. The summed E-state index contributed by atoms with van der Waals surface area (Å²) in [7, 11) is 0. The number of carbonyl (C=O) groups is 1. The van der Waals surface area contributed by atoms with Gasteiger partial charge in [0.1, 0.15) is 0 Å². The SMILES string of the molecule is Cc1ccnc(-n2nc(C(N)=O)c3c2CC(C)(C)C(OCc2ccccc2)C3)c1. The number of nitrogens with two attached hydrogens (primary N) is 1. The molecule has 0 fully saturated rings. The van der Waals surface area contributed by atoms with E-state index in [9.17, 15) is 4.79 Å². The summed E-state index contributed by atoms with van der Waals surface area (Å²) in [6.45, 7) is 6.92. The normalized spacial score (nSPS) is 17.7. The van der Waals surface area contributed by atoms with Gasteiger partial charge < -0.3 is 10.5 Å². The predicted molar refractivity (Wildman–Crippen MR) is 111 cm³/mol. The Hall–Kier alpha value is -2.99. The molecule has 0 radical (unpaired) electrons. The highest BCUT2D eigenvalue weighted by atomic mass is 16.5. The number of hydrogen-bond acceptors (Lipinski definition) is 4. The van der Waals surface area contributed by atoms with Crippen molar-refractivity contribution in [3.8, 4) is 5.82 Å². The van der Waals surface area contributed by atoms with E-state index in [-0.39, 0.29) is 11.5 Å². The molecular weight excluding hydrogens is 364 g/mol. The van der Waals surface area contributed by atoms with Gasteiger partial charge in [-0.1, -0.05) is 44.2 Å². The standard InChI is InChI=1S/C23H26N4O2/c1-15-9-10-25-20(11-15)27-18-13-23(2,3)19(12-17(18)21(26-27)22(24)28)29-14-16-7-5-4-6-8-16/h4-11,19H,12-14H2,1-3H3,(H2,24,28). The molecule has 1 amide bonds. The van der Waals surface area contributed by atoms with Crippen molar-refractivity contribution in [2.45, 2.75) is 46.3 Å². The van der Waals surface area contributed by atoms with Gasteiger partial charge in [-0.2, -0.15) is 5.10 Å². The largest absolute Gasteiger partial charge is 0.373 e. The second-order valence-electron chi connectivity index (χ2n) is 8.40. The van der Waals surface area contributed by atoms with E-state index in [0.29, 0.717) is 24.5 Å². The van der Waals surface area contributed by atoms with Gasteiger partial charge in [-0.15, -0.1) is 0 Å². The lowest BCUT2D eigenvalue weighted by Gasteiger charge is -2.38. The summed E-state index contributed by atoms with van der Waals surface area (Å²) in [5, 5.41) is 4.55. The van der Waals surface area contributed by atoms with Gasteiger partial charge in [-0.3, -0.25) is 4.79 Å². The third-order valence-corrected chi connectivity index (χ3v) is 5.62. The first kappa shape index (κ1) is 19.3. The summed E-state index contributed by atoms with van der Waals surface area (Å²) in [6, 6.07) is 14.0. The summed E-state index contributed by atoms with van der Waals surface area (Å²) in [5.41, 5.74) is 9.92. The molecule has 0 saturated heterocycles. The van der Waals surface area contributed by atoms with Crippen molar-refractivity contribution in [2.75, 3.05) is 0 Å². The summed E-state index contributed by atoms with van der Waals surface area (Å²) in [5.74, 6) is 0.183. The molecule has 1 atom stereocenters. The van der Waals surface area contributed by atoms with Crippen molar-refractivity contribution >= 4 is 5.91 Å². The molecule has 4 rings (SSSR count). The second-order valence-corrected chi connectivity index (χ2v) is 8.40. The van der Waals surface area contributed by atoms with Crippen molar-refractivity contribution in [1.29, 1.82) is 0 Å². The van der Waals surface area contributed by atoms with E-state index >= 15 is 0 Å². The number of carbonyl (C=O) groups excluding carboxylic acids is 1. The van der Waals surface area contributed by atoms with E-state index < -0.39 is 5.91 Å².